The number of amides is 1. The summed E-state index contributed by atoms with van der Waals surface area (Å²) >= 11 is 1.46. The van der Waals surface area contributed by atoms with Crippen LogP contribution in [0.25, 0.3) is 11.1 Å². The van der Waals surface area contributed by atoms with E-state index < -0.39 is 0 Å². The van der Waals surface area contributed by atoms with Gasteiger partial charge in [0.15, 0.2) is 0 Å². The minimum Gasteiger partial charge on any atom is -0.346 e. The SMILES string of the molecule is Cc1ccc(-c2ccsc2C(=O)NCc2ccccn2)cc1. The van der Waals surface area contributed by atoms with Crippen molar-refractivity contribution in [3.05, 3.63) is 76.2 Å². The Kier molecular flexibility index (Phi) is 4.30. The number of hydrogen-bond donors (Lipinski definition) is 1. The van der Waals surface area contributed by atoms with Crippen molar-refractivity contribution >= 4 is 17.2 Å². The minimum absolute atomic E-state index is 0.0590. The second kappa shape index (κ2) is 6.54. The normalized spacial score (nSPS) is 10.4. The highest BCUT2D eigenvalue weighted by Gasteiger charge is 2.14. The number of thiophene rings is 1. The summed E-state index contributed by atoms with van der Waals surface area (Å²) in [4.78, 5) is 17.4. The molecule has 2 heterocycles. The van der Waals surface area contributed by atoms with E-state index in [9.17, 15) is 4.79 Å². The van der Waals surface area contributed by atoms with Crippen LogP contribution in [0, 0.1) is 6.92 Å². The molecular formula is C18H16N2OS. The summed E-state index contributed by atoms with van der Waals surface area (Å²) < 4.78 is 0. The number of aryl methyl sites for hydroxylation is 1. The summed E-state index contributed by atoms with van der Waals surface area (Å²) in [5.41, 5.74) is 4.10. The lowest BCUT2D eigenvalue weighted by Crippen LogP contribution is -2.22. The van der Waals surface area contributed by atoms with Crippen LogP contribution >= 0.6 is 11.3 Å². The maximum Gasteiger partial charge on any atom is 0.262 e. The van der Waals surface area contributed by atoms with Gasteiger partial charge in [0.05, 0.1) is 17.1 Å². The largest absolute Gasteiger partial charge is 0.346 e. The number of nitrogens with zero attached hydrogens (tertiary/aromatic N) is 1. The van der Waals surface area contributed by atoms with Gasteiger partial charge in [0.2, 0.25) is 0 Å². The molecule has 0 aliphatic carbocycles. The van der Waals surface area contributed by atoms with Gasteiger partial charge in [-0.1, -0.05) is 35.9 Å². The standard InChI is InChI=1S/C18H16N2OS/c1-13-5-7-14(8-6-13)16-9-11-22-17(16)18(21)20-12-15-4-2-3-10-19-15/h2-11H,12H2,1H3,(H,20,21). The molecule has 0 fully saturated rings. The van der Waals surface area contributed by atoms with E-state index in [4.69, 9.17) is 0 Å². The molecule has 0 saturated carbocycles. The van der Waals surface area contributed by atoms with Crippen LogP contribution in [0.15, 0.2) is 60.1 Å². The van der Waals surface area contributed by atoms with Gasteiger partial charge < -0.3 is 5.32 Å². The predicted octanol–water partition coefficient (Wildman–Crippen LogP) is 4.05. The van der Waals surface area contributed by atoms with Crippen LogP contribution in [0.4, 0.5) is 0 Å². The van der Waals surface area contributed by atoms with Crippen LogP contribution in [-0.2, 0) is 6.54 Å². The number of benzene rings is 1. The van der Waals surface area contributed by atoms with Crippen LogP contribution < -0.4 is 5.32 Å². The Bertz CT molecular complexity index is 763. The maximum absolute atomic E-state index is 12.4. The van der Waals surface area contributed by atoms with Gasteiger partial charge in [-0.2, -0.15) is 0 Å². The molecule has 0 saturated heterocycles. The average Bonchev–Trinajstić information content (AvgIpc) is 3.04. The third-order valence-electron chi connectivity index (χ3n) is 3.39. The Balaban J connectivity index is 1.76. The van der Waals surface area contributed by atoms with E-state index in [-0.39, 0.29) is 5.91 Å². The highest BCUT2D eigenvalue weighted by molar-refractivity contribution is 7.12. The van der Waals surface area contributed by atoms with E-state index >= 15 is 0 Å². The molecule has 0 spiro atoms. The molecule has 3 nitrogen and oxygen atoms in total. The molecule has 0 bridgehead atoms. The van der Waals surface area contributed by atoms with Crippen LogP contribution in [0.2, 0.25) is 0 Å². The van der Waals surface area contributed by atoms with Gasteiger partial charge in [0.1, 0.15) is 0 Å². The van der Waals surface area contributed by atoms with Crippen molar-refractivity contribution in [2.24, 2.45) is 0 Å². The molecule has 110 valence electrons. The zero-order valence-corrected chi connectivity index (χ0v) is 13.1. The van der Waals surface area contributed by atoms with Crippen molar-refractivity contribution in [3.8, 4) is 11.1 Å². The number of carbonyl (C=O) groups excluding carboxylic acids is 1. The molecule has 2 aromatic heterocycles. The van der Waals surface area contributed by atoms with Gasteiger partial charge >= 0.3 is 0 Å². The minimum atomic E-state index is -0.0590. The molecule has 4 heteroatoms. The van der Waals surface area contributed by atoms with Crippen LogP contribution in [0.3, 0.4) is 0 Å². The van der Waals surface area contributed by atoms with E-state index in [0.29, 0.717) is 6.54 Å². The van der Waals surface area contributed by atoms with E-state index in [1.54, 1.807) is 6.20 Å². The Morgan fingerprint density at radius 2 is 1.95 bits per heavy atom. The molecule has 0 radical (unpaired) electrons. The number of pyridine rings is 1. The third-order valence-corrected chi connectivity index (χ3v) is 4.30. The summed E-state index contributed by atoms with van der Waals surface area (Å²) in [5, 5.41) is 4.88. The van der Waals surface area contributed by atoms with Gasteiger partial charge in [-0.3, -0.25) is 9.78 Å². The predicted molar refractivity (Wildman–Crippen MR) is 89.9 cm³/mol. The second-order valence-corrected chi connectivity index (χ2v) is 5.95. The summed E-state index contributed by atoms with van der Waals surface area (Å²) in [6.07, 6.45) is 1.73. The summed E-state index contributed by atoms with van der Waals surface area (Å²) in [6, 6.07) is 15.9. The molecular weight excluding hydrogens is 292 g/mol. The molecule has 0 aliphatic heterocycles. The molecule has 0 aliphatic rings. The molecule has 0 unspecified atom stereocenters. The topological polar surface area (TPSA) is 42.0 Å². The quantitative estimate of drug-likeness (QED) is 0.790. The molecule has 3 rings (SSSR count). The smallest absolute Gasteiger partial charge is 0.262 e. The van der Waals surface area contributed by atoms with Crippen molar-refractivity contribution in [2.45, 2.75) is 13.5 Å². The maximum atomic E-state index is 12.4. The number of aromatic nitrogens is 1. The lowest BCUT2D eigenvalue weighted by Gasteiger charge is -2.06. The monoisotopic (exact) mass is 308 g/mol. The van der Waals surface area contributed by atoms with Crippen molar-refractivity contribution in [1.82, 2.24) is 10.3 Å². The van der Waals surface area contributed by atoms with E-state index in [0.717, 1.165) is 21.7 Å². The average molecular weight is 308 g/mol. The summed E-state index contributed by atoms with van der Waals surface area (Å²) in [6.45, 7) is 2.49. The lowest BCUT2D eigenvalue weighted by atomic mass is 10.0. The third kappa shape index (κ3) is 3.23. The van der Waals surface area contributed by atoms with Crippen molar-refractivity contribution in [1.29, 1.82) is 0 Å². The Hall–Kier alpha value is -2.46. The van der Waals surface area contributed by atoms with Gasteiger partial charge in [0.25, 0.3) is 5.91 Å². The summed E-state index contributed by atoms with van der Waals surface area (Å²) in [7, 11) is 0. The van der Waals surface area contributed by atoms with Crippen molar-refractivity contribution in [3.63, 3.8) is 0 Å². The van der Waals surface area contributed by atoms with Crippen LogP contribution in [0.5, 0.6) is 0 Å². The number of hydrogen-bond acceptors (Lipinski definition) is 3. The molecule has 1 aromatic carbocycles. The lowest BCUT2D eigenvalue weighted by molar-refractivity contribution is 0.0955. The Labute approximate surface area is 133 Å². The second-order valence-electron chi connectivity index (χ2n) is 5.03. The first-order chi connectivity index (χ1) is 10.7. The number of carbonyl (C=O) groups is 1. The zero-order valence-electron chi connectivity index (χ0n) is 12.2. The summed E-state index contributed by atoms with van der Waals surface area (Å²) in [5.74, 6) is -0.0590. The molecule has 1 amide bonds. The Morgan fingerprint density at radius 3 is 2.68 bits per heavy atom. The first-order valence-electron chi connectivity index (χ1n) is 7.06. The first kappa shape index (κ1) is 14.5. The highest BCUT2D eigenvalue weighted by atomic mass is 32.1. The molecule has 22 heavy (non-hydrogen) atoms. The number of nitrogens with one attached hydrogen (secondary N) is 1. The van der Waals surface area contributed by atoms with Crippen molar-refractivity contribution < 1.29 is 4.79 Å². The first-order valence-corrected chi connectivity index (χ1v) is 7.94. The fraction of sp³-hybridized carbons (Fsp3) is 0.111. The van der Waals surface area contributed by atoms with Crippen molar-refractivity contribution in [2.75, 3.05) is 0 Å². The van der Waals surface area contributed by atoms with E-state index in [2.05, 4.69) is 29.4 Å². The Morgan fingerprint density at radius 1 is 1.14 bits per heavy atom. The fourth-order valence-corrected chi connectivity index (χ4v) is 3.03. The van der Waals surface area contributed by atoms with Crippen LogP contribution in [-0.4, -0.2) is 10.9 Å². The highest BCUT2D eigenvalue weighted by Crippen LogP contribution is 2.28. The fourth-order valence-electron chi connectivity index (χ4n) is 2.20. The van der Waals surface area contributed by atoms with Gasteiger partial charge in [0, 0.05) is 11.8 Å². The van der Waals surface area contributed by atoms with Gasteiger partial charge in [-0.15, -0.1) is 11.3 Å². The molecule has 1 N–H and O–H groups in total. The van der Waals surface area contributed by atoms with E-state index in [1.807, 2.05) is 41.8 Å². The van der Waals surface area contributed by atoms with E-state index in [1.165, 1.54) is 16.9 Å². The van der Waals surface area contributed by atoms with Crippen LogP contribution in [0.1, 0.15) is 20.9 Å². The zero-order chi connectivity index (χ0) is 15.4. The van der Waals surface area contributed by atoms with Gasteiger partial charge in [-0.25, -0.2) is 0 Å². The number of rotatable bonds is 4. The molecule has 3 aromatic rings. The van der Waals surface area contributed by atoms with Gasteiger partial charge in [-0.05, 0) is 36.1 Å². The molecule has 0 atom stereocenters.